The first-order chi connectivity index (χ1) is 10.1. The predicted molar refractivity (Wildman–Crippen MR) is 60.2 cm³/mol. The molecule has 0 aromatic rings. The SMILES string of the molecule is FC(F)(F)C1(C(F)(F)F)[C@@H]2CC[C@@]3(CC(F)(F)C(F)(F)S3)[C@H]1C2. The summed E-state index contributed by atoms with van der Waals surface area (Å²) >= 11 is -0.705. The average molecular weight is 376 g/mol. The Hall–Kier alpha value is -0.350. The van der Waals surface area contributed by atoms with Crippen molar-refractivity contribution in [3.05, 3.63) is 0 Å². The Kier molecular flexibility index (Phi) is 3.22. The monoisotopic (exact) mass is 376 g/mol. The van der Waals surface area contributed by atoms with E-state index in [1.54, 1.807) is 0 Å². The molecule has 0 amide bonds. The van der Waals surface area contributed by atoms with Gasteiger partial charge in [0.15, 0.2) is 5.41 Å². The quantitative estimate of drug-likeness (QED) is 0.494. The van der Waals surface area contributed by atoms with Crippen molar-refractivity contribution >= 4 is 11.8 Å². The topological polar surface area (TPSA) is 0 Å². The zero-order valence-electron chi connectivity index (χ0n) is 11.2. The molecule has 134 valence electrons. The molecular weight excluding hydrogens is 366 g/mol. The second kappa shape index (κ2) is 4.24. The van der Waals surface area contributed by atoms with Crippen LogP contribution in [0.15, 0.2) is 0 Å². The summed E-state index contributed by atoms with van der Waals surface area (Å²) < 4.78 is 131. The fraction of sp³-hybridized carbons (Fsp3) is 1.00. The lowest BCUT2D eigenvalue weighted by Crippen LogP contribution is -2.73. The highest BCUT2D eigenvalue weighted by molar-refractivity contribution is 8.02. The summed E-state index contributed by atoms with van der Waals surface area (Å²) in [5.41, 5.74) is -4.16. The molecule has 0 unspecified atom stereocenters. The Balaban J connectivity index is 2.09. The highest BCUT2D eigenvalue weighted by Crippen LogP contribution is 2.80. The summed E-state index contributed by atoms with van der Waals surface area (Å²) in [6.45, 7) is 0. The lowest BCUT2D eigenvalue weighted by Gasteiger charge is -2.65. The van der Waals surface area contributed by atoms with Crippen LogP contribution in [0.3, 0.4) is 0 Å². The number of hydrogen-bond acceptors (Lipinski definition) is 1. The van der Waals surface area contributed by atoms with Crippen LogP contribution in [-0.4, -0.2) is 28.3 Å². The molecule has 3 atom stereocenters. The van der Waals surface area contributed by atoms with Gasteiger partial charge in [0.05, 0.1) is 0 Å². The summed E-state index contributed by atoms with van der Waals surface area (Å²) in [5, 5.41) is -4.67. The first kappa shape index (κ1) is 17.5. The minimum atomic E-state index is -5.72. The van der Waals surface area contributed by atoms with Crippen molar-refractivity contribution in [3.8, 4) is 0 Å². The molecule has 4 fully saturated rings. The molecule has 1 spiro atoms. The van der Waals surface area contributed by atoms with Crippen LogP contribution >= 0.6 is 11.8 Å². The zero-order valence-corrected chi connectivity index (χ0v) is 12.0. The smallest absolute Gasteiger partial charge is 0.199 e. The molecule has 0 nitrogen and oxygen atoms in total. The van der Waals surface area contributed by atoms with Crippen molar-refractivity contribution in [2.45, 2.75) is 54.0 Å². The molecule has 1 heterocycles. The molecule has 4 aliphatic rings. The lowest BCUT2D eigenvalue weighted by molar-refractivity contribution is -0.421. The molecule has 1 aliphatic heterocycles. The Morgan fingerprint density at radius 3 is 1.74 bits per heavy atom. The number of fused-ring (bicyclic) bond motifs is 1. The van der Waals surface area contributed by atoms with Crippen LogP contribution in [0.1, 0.15) is 25.7 Å². The molecule has 3 aliphatic carbocycles. The second-order valence-electron chi connectivity index (χ2n) is 6.45. The summed E-state index contributed by atoms with van der Waals surface area (Å²) in [6, 6.07) is 0. The van der Waals surface area contributed by atoms with Gasteiger partial charge in [0.25, 0.3) is 0 Å². The van der Waals surface area contributed by atoms with Gasteiger partial charge >= 0.3 is 23.5 Å². The molecule has 3 saturated carbocycles. The number of rotatable bonds is 0. The molecule has 0 N–H and O–H groups in total. The normalized spacial score (nSPS) is 41.0. The van der Waals surface area contributed by atoms with Crippen LogP contribution in [-0.2, 0) is 0 Å². The Morgan fingerprint density at radius 2 is 1.39 bits per heavy atom. The van der Waals surface area contributed by atoms with Crippen LogP contribution in [0.2, 0.25) is 0 Å². The van der Waals surface area contributed by atoms with Gasteiger partial charge in [-0.25, -0.2) is 0 Å². The van der Waals surface area contributed by atoms with Gasteiger partial charge in [0, 0.05) is 11.2 Å². The molecule has 11 heteroatoms. The number of hydrogen-bond donors (Lipinski definition) is 0. The molecule has 1 saturated heterocycles. The van der Waals surface area contributed by atoms with Gasteiger partial charge in [-0.2, -0.15) is 43.9 Å². The minimum Gasteiger partial charge on any atom is -0.199 e. The summed E-state index contributed by atoms with van der Waals surface area (Å²) in [5.74, 6) is -8.72. The maximum atomic E-state index is 13.5. The van der Waals surface area contributed by atoms with Crippen molar-refractivity contribution in [2.75, 3.05) is 0 Å². The number of alkyl halides is 10. The fourth-order valence-corrected chi connectivity index (χ4v) is 6.18. The van der Waals surface area contributed by atoms with Crippen molar-refractivity contribution in [3.63, 3.8) is 0 Å². The molecular formula is C12H10F10S. The maximum absolute atomic E-state index is 13.5. The molecule has 0 radical (unpaired) electrons. The van der Waals surface area contributed by atoms with Gasteiger partial charge in [-0.3, -0.25) is 0 Å². The van der Waals surface area contributed by atoms with E-state index in [9.17, 15) is 43.9 Å². The van der Waals surface area contributed by atoms with E-state index in [4.69, 9.17) is 0 Å². The van der Waals surface area contributed by atoms with Crippen LogP contribution < -0.4 is 0 Å². The highest BCUT2D eigenvalue weighted by atomic mass is 32.2. The van der Waals surface area contributed by atoms with Crippen molar-refractivity contribution in [1.82, 2.24) is 0 Å². The first-order valence-corrected chi connectivity index (χ1v) is 7.52. The van der Waals surface area contributed by atoms with Crippen molar-refractivity contribution in [2.24, 2.45) is 17.3 Å². The molecule has 23 heavy (non-hydrogen) atoms. The van der Waals surface area contributed by atoms with Gasteiger partial charge in [-0.05, 0) is 31.1 Å². The van der Waals surface area contributed by atoms with Crippen LogP contribution in [0, 0.1) is 17.3 Å². The summed E-state index contributed by atoms with van der Waals surface area (Å²) in [6.07, 6.45) is -14.9. The molecule has 0 aromatic carbocycles. The van der Waals surface area contributed by atoms with Gasteiger partial charge in [-0.15, -0.1) is 0 Å². The first-order valence-electron chi connectivity index (χ1n) is 6.70. The zero-order chi connectivity index (χ0) is 17.7. The fourth-order valence-electron chi connectivity index (χ4n) is 4.55. The van der Waals surface area contributed by atoms with E-state index in [2.05, 4.69) is 0 Å². The van der Waals surface area contributed by atoms with E-state index in [0.717, 1.165) is 0 Å². The maximum Gasteiger partial charge on any atom is 0.403 e. The molecule has 4 rings (SSSR count). The van der Waals surface area contributed by atoms with Crippen molar-refractivity contribution in [1.29, 1.82) is 0 Å². The van der Waals surface area contributed by atoms with E-state index in [1.165, 1.54) is 0 Å². The van der Waals surface area contributed by atoms with Crippen LogP contribution in [0.5, 0.6) is 0 Å². The average Bonchev–Trinajstić information content (AvgIpc) is 2.37. The third kappa shape index (κ3) is 1.88. The summed E-state index contributed by atoms with van der Waals surface area (Å²) in [4.78, 5) is 0. The van der Waals surface area contributed by atoms with E-state index >= 15 is 0 Å². The van der Waals surface area contributed by atoms with Gasteiger partial charge in [0.2, 0.25) is 0 Å². The van der Waals surface area contributed by atoms with Crippen LogP contribution in [0.4, 0.5) is 43.9 Å². The minimum absolute atomic E-state index is 0.494. The molecule has 2 bridgehead atoms. The Morgan fingerprint density at radius 1 is 0.870 bits per heavy atom. The second-order valence-corrected chi connectivity index (χ2v) is 7.98. The summed E-state index contributed by atoms with van der Waals surface area (Å²) in [7, 11) is 0. The standard InChI is InChI=1S/C12H10F10S/c13-8(14)4-7(23-12(8,21)22)2-1-5-3-6(7)9(5,10(15,16)17)11(18,19)20/h5-6H,1-4H2/t5-,6-,7-/m1/s1. The van der Waals surface area contributed by atoms with Crippen molar-refractivity contribution < 1.29 is 43.9 Å². The predicted octanol–water partition coefficient (Wildman–Crippen LogP) is 5.63. The Labute approximate surface area is 128 Å². The highest BCUT2D eigenvalue weighted by Gasteiger charge is 2.88. The van der Waals surface area contributed by atoms with Gasteiger partial charge in [-0.1, -0.05) is 11.8 Å². The largest absolute Gasteiger partial charge is 0.403 e. The number of thioether (sulfide) groups is 1. The van der Waals surface area contributed by atoms with E-state index in [-0.39, 0.29) is 0 Å². The van der Waals surface area contributed by atoms with Crippen LogP contribution in [0.25, 0.3) is 0 Å². The third-order valence-electron chi connectivity index (χ3n) is 5.48. The Bertz CT molecular complexity index is 487. The molecule has 0 aromatic heterocycles. The van der Waals surface area contributed by atoms with E-state index in [0.29, 0.717) is 0 Å². The lowest BCUT2D eigenvalue weighted by atomic mass is 9.42. The van der Waals surface area contributed by atoms with Gasteiger partial charge < -0.3 is 0 Å². The van der Waals surface area contributed by atoms with E-state index in [1.807, 2.05) is 0 Å². The third-order valence-corrected chi connectivity index (χ3v) is 7.08. The van der Waals surface area contributed by atoms with Gasteiger partial charge in [0.1, 0.15) is 0 Å². The van der Waals surface area contributed by atoms with E-state index < -0.39 is 83.0 Å². The number of halogens is 10.